The van der Waals surface area contributed by atoms with Crippen LogP contribution in [0.4, 0.5) is 0 Å². The number of aromatic hydroxyl groups is 2. The lowest BCUT2D eigenvalue weighted by Gasteiger charge is -2.09. The van der Waals surface area contributed by atoms with Gasteiger partial charge in [-0.25, -0.2) is 0 Å². The van der Waals surface area contributed by atoms with Crippen LogP contribution < -0.4 is 10.2 Å². The van der Waals surface area contributed by atoms with Crippen LogP contribution in [0.15, 0.2) is 39.5 Å². The molecular formula is C16H13NO8. The number of hydrogen-bond acceptors (Lipinski definition) is 8. The number of rotatable bonds is 6. The summed E-state index contributed by atoms with van der Waals surface area (Å²) in [5, 5.41) is 29.0. The molecule has 3 rings (SSSR count). The summed E-state index contributed by atoms with van der Waals surface area (Å²) in [6.07, 6.45) is 0.259. The number of hydrogen-bond donors (Lipinski definition) is 2. The van der Waals surface area contributed by atoms with E-state index in [4.69, 9.17) is 9.15 Å². The van der Waals surface area contributed by atoms with Gasteiger partial charge in [0.05, 0.1) is 18.6 Å². The zero-order valence-electron chi connectivity index (χ0n) is 12.8. The van der Waals surface area contributed by atoms with Gasteiger partial charge in [0.2, 0.25) is 5.43 Å². The molecule has 0 amide bonds. The Morgan fingerprint density at radius 1 is 1.12 bits per heavy atom. The minimum atomic E-state index is -0.892. The van der Waals surface area contributed by atoms with E-state index in [0.717, 1.165) is 0 Å². The van der Waals surface area contributed by atoms with Crippen LogP contribution in [0.1, 0.15) is 6.42 Å². The normalized spacial score (nSPS) is 10.9. The molecule has 0 atom stereocenters. The van der Waals surface area contributed by atoms with Crippen molar-refractivity contribution in [2.75, 3.05) is 13.2 Å². The molecule has 0 radical (unpaired) electrons. The summed E-state index contributed by atoms with van der Waals surface area (Å²) in [5.74, 6) is -0.135. The molecule has 0 bridgehead atoms. The van der Waals surface area contributed by atoms with Crippen molar-refractivity contribution in [1.82, 2.24) is 0 Å². The predicted molar refractivity (Wildman–Crippen MR) is 86.4 cm³/mol. The average Bonchev–Trinajstić information content (AvgIpc) is 2.53. The molecule has 0 saturated carbocycles. The van der Waals surface area contributed by atoms with Gasteiger partial charge in [-0.15, -0.1) is 10.1 Å². The second kappa shape index (κ2) is 6.56. The smallest absolute Gasteiger partial charge is 0.294 e. The third kappa shape index (κ3) is 3.39. The zero-order valence-corrected chi connectivity index (χ0v) is 12.8. The summed E-state index contributed by atoms with van der Waals surface area (Å²) in [5.41, 5.74) is -0.159. The maximum atomic E-state index is 12.5. The maximum Gasteiger partial charge on any atom is 0.294 e. The molecule has 0 spiro atoms. The lowest BCUT2D eigenvalue weighted by atomic mass is 10.1. The van der Waals surface area contributed by atoms with Gasteiger partial charge in [-0.05, 0) is 12.1 Å². The summed E-state index contributed by atoms with van der Waals surface area (Å²) >= 11 is 0. The Labute approximate surface area is 139 Å². The summed E-state index contributed by atoms with van der Waals surface area (Å²) in [4.78, 5) is 26.7. The van der Waals surface area contributed by atoms with Crippen LogP contribution in [-0.2, 0) is 4.84 Å². The molecular weight excluding hydrogens is 334 g/mol. The van der Waals surface area contributed by atoms with Crippen molar-refractivity contribution >= 4 is 21.9 Å². The van der Waals surface area contributed by atoms with Crippen LogP contribution in [0.5, 0.6) is 17.2 Å². The largest absolute Gasteiger partial charge is 0.508 e. The van der Waals surface area contributed by atoms with Crippen molar-refractivity contribution in [3.8, 4) is 17.2 Å². The van der Waals surface area contributed by atoms with Crippen molar-refractivity contribution in [1.29, 1.82) is 0 Å². The number of benzene rings is 2. The molecule has 0 unspecified atom stereocenters. The first-order chi connectivity index (χ1) is 12.0. The van der Waals surface area contributed by atoms with E-state index in [1.165, 1.54) is 30.3 Å². The highest BCUT2D eigenvalue weighted by molar-refractivity contribution is 5.94. The first-order valence-electron chi connectivity index (χ1n) is 7.28. The van der Waals surface area contributed by atoms with Gasteiger partial charge in [-0.3, -0.25) is 4.79 Å². The number of ether oxygens (including phenoxy) is 1. The van der Waals surface area contributed by atoms with Gasteiger partial charge in [-0.1, -0.05) is 0 Å². The molecule has 0 aliphatic rings. The van der Waals surface area contributed by atoms with Crippen molar-refractivity contribution < 1.29 is 29.3 Å². The van der Waals surface area contributed by atoms with E-state index in [0.29, 0.717) is 0 Å². The molecule has 130 valence electrons. The molecule has 25 heavy (non-hydrogen) atoms. The van der Waals surface area contributed by atoms with E-state index in [2.05, 4.69) is 4.84 Å². The van der Waals surface area contributed by atoms with Crippen LogP contribution in [-0.4, -0.2) is 28.5 Å². The molecule has 9 nitrogen and oxygen atoms in total. The Bertz CT molecular complexity index is 1010. The maximum absolute atomic E-state index is 12.5. The van der Waals surface area contributed by atoms with Gasteiger partial charge in [-0.2, -0.15) is 0 Å². The van der Waals surface area contributed by atoms with Crippen LogP contribution in [0.3, 0.4) is 0 Å². The Kier molecular flexibility index (Phi) is 4.29. The Morgan fingerprint density at radius 3 is 2.68 bits per heavy atom. The molecule has 1 heterocycles. The van der Waals surface area contributed by atoms with Crippen LogP contribution in [0, 0.1) is 10.1 Å². The number of phenolic OH excluding ortho intramolecular Hbond substituents is 2. The fraction of sp³-hybridized carbons (Fsp3) is 0.188. The Balaban J connectivity index is 1.91. The highest BCUT2D eigenvalue weighted by Gasteiger charge is 2.14. The predicted octanol–water partition coefficient (Wildman–Crippen LogP) is 2.33. The van der Waals surface area contributed by atoms with Crippen molar-refractivity contribution in [3.63, 3.8) is 0 Å². The Morgan fingerprint density at radius 2 is 1.92 bits per heavy atom. The summed E-state index contributed by atoms with van der Waals surface area (Å²) < 4.78 is 11.0. The average molecular weight is 347 g/mol. The molecule has 0 aliphatic carbocycles. The lowest BCUT2D eigenvalue weighted by Crippen LogP contribution is -2.07. The molecule has 9 heteroatoms. The zero-order chi connectivity index (χ0) is 18.0. The SMILES string of the molecule is O=c1c2ccc(O)cc2oc2cc(OCCCO[N+](=O)[O-])cc(O)c12. The summed E-state index contributed by atoms with van der Waals surface area (Å²) in [6.45, 7) is -0.0110. The Hall–Kier alpha value is -3.49. The number of fused-ring (bicyclic) bond motifs is 2. The number of phenols is 2. The van der Waals surface area contributed by atoms with Crippen molar-refractivity contribution in [3.05, 3.63) is 50.7 Å². The van der Waals surface area contributed by atoms with Crippen molar-refractivity contribution in [2.45, 2.75) is 6.42 Å². The molecule has 2 aromatic carbocycles. The van der Waals surface area contributed by atoms with Crippen molar-refractivity contribution in [2.24, 2.45) is 0 Å². The summed E-state index contributed by atoms with van der Waals surface area (Å²) in [6, 6.07) is 6.76. The van der Waals surface area contributed by atoms with Gasteiger partial charge in [0.25, 0.3) is 5.09 Å². The first kappa shape index (κ1) is 16.4. The fourth-order valence-corrected chi connectivity index (χ4v) is 2.39. The van der Waals surface area contributed by atoms with E-state index in [9.17, 15) is 25.1 Å². The standard InChI is InChI=1S/C16H13NO8/c18-9-2-3-11-13(6-9)25-14-8-10(7-12(19)15(14)16(11)20)23-4-1-5-24-17(21)22/h2-3,6-8,18-19H,1,4-5H2. The molecule has 2 N–H and O–H groups in total. The van der Waals surface area contributed by atoms with Crippen LogP contribution in [0.25, 0.3) is 21.9 Å². The van der Waals surface area contributed by atoms with Gasteiger partial charge < -0.3 is 24.2 Å². The topological polar surface area (TPSA) is 132 Å². The minimum Gasteiger partial charge on any atom is -0.508 e. The van der Waals surface area contributed by atoms with Gasteiger partial charge in [0, 0.05) is 24.6 Å². The third-order valence-corrected chi connectivity index (χ3v) is 3.47. The van der Waals surface area contributed by atoms with E-state index < -0.39 is 10.5 Å². The highest BCUT2D eigenvalue weighted by Crippen LogP contribution is 2.31. The van der Waals surface area contributed by atoms with Crippen LogP contribution in [0.2, 0.25) is 0 Å². The fourth-order valence-electron chi connectivity index (χ4n) is 2.39. The van der Waals surface area contributed by atoms with E-state index in [1.54, 1.807) is 0 Å². The van der Waals surface area contributed by atoms with E-state index >= 15 is 0 Å². The monoisotopic (exact) mass is 347 g/mol. The second-order valence-electron chi connectivity index (χ2n) is 5.19. The van der Waals surface area contributed by atoms with Gasteiger partial charge in [0.1, 0.15) is 33.8 Å². The second-order valence-corrected chi connectivity index (χ2v) is 5.19. The summed E-state index contributed by atoms with van der Waals surface area (Å²) in [7, 11) is 0. The van der Waals surface area contributed by atoms with E-state index in [1.807, 2.05) is 0 Å². The van der Waals surface area contributed by atoms with E-state index in [-0.39, 0.29) is 58.8 Å². The van der Waals surface area contributed by atoms with Gasteiger partial charge >= 0.3 is 0 Å². The molecule has 1 aromatic heterocycles. The quantitative estimate of drug-likeness (QED) is 0.300. The molecule has 0 aliphatic heterocycles. The molecule has 3 aromatic rings. The van der Waals surface area contributed by atoms with Gasteiger partial charge in [0.15, 0.2) is 0 Å². The third-order valence-electron chi connectivity index (χ3n) is 3.47. The lowest BCUT2D eigenvalue weighted by molar-refractivity contribution is -0.757. The van der Waals surface area contributed by atoms with Crippen LogP contribution >= 0.6 is 0 Å². The first-order valence-corrected chi connectivity index (χ1v) is 7.28. The molecule has 0 saturated heterocycles. The molecule has 0 fully saturated rings. The minimum absolute atomic E-state index is 0.00206. The highest BCUT2D eigenvalue weighted by atomic mass is 16.9. The number of nitrogens with zero attached hydrogens (tertiary/aromatic N) is 1.